The van der Waals surface area contributed by atoms with Gasteiger partial charge in [-0.25, -0.2) is 4.79 Å². The van der Waals surface area contributed by atoms with Crippen molar-refractivity contribution in [2.24, 2.45) is 0 Å². The Hall–Kier alpha value is -2.42. The number of aliphatic hydroxyl groups excluding tert-OH is 2. The van der Waals surface area contributed by atoms with Gasteiger partial charge in [-0.15, -0.1) is 0 Å². The number of benzene rings is 1. The van der Waals surface area contributed by atoms with Crippen molar-refractivity contribution in [3.05, 3.63) is 48.0 Å². The zero-order valence-electron chi connectivity index (χ0n) is 15.1. The molecular formula is C19H25NO7. The molecule has 4 atom stereocenters. The number of rotatable bonds is 7. The molecule has 2 rings (SSSR count). The molecule has 1 aliphatic rings. The average Bonchev–Trinajstić information content (AvgIpc) is 2.63. The van der Waals surface area contributed by atoms with Crippen LogP contribution in [0.2, 0.25) is 0 Å². The summed E-state index contributed by atoms with van der Waals surface area (Å²) in [5, 5.41) is 32.8. The second kappa shape index (κ2) is 9.50. The normalized spacial score (nSPS) is 25.5. The average molecular weight is 379 g/mol. The van der Waals surface area contributed by atoms with E-state index >= 15 is 0 Å². The Balaban J connectivity index is 1.89. The summed E-state index contributed by atoms with van der Waals surface area (Å²) in [7, 11) is 0. The lowest BCUT2D eigenvalue weighted by molar-refractivity contribution is -0.148. The molecule has 27 heavy (non-hydrogen) atoms. The second-order valence-corrected chi connectivity index (χ2v) is 6.54. The first-order chi connectivity index (χ1) is 12.8. The van der Waals surface area contributed by atoms with Crippen molar-refractivity contribution in [3.63, 3.8) is 0 Å². The van der Waals surface area contributed by atoms with Gasteiger partial charge in [-0.05, 0) is 11.6 Å². The van der Waals surface area contributed by atoms with Crippen LogP contribution in [0.3, 0.4) is 0 Å². The van der Waals surface area contributed by atoms with Crippen LogP contribution in [0.4, 0.5) is 4.79 Å². The Morgan fingerprint density at radius 3 is 2.63 bits per heavy atom. The Labute approximate surface area is 157 Å². The molecule has 0 bridgehead atoms. The molecule has 8 heteroatoms. The highest BCUT2D eigenvalue weighted by Crippen LogP contribution is 2.28. The van der Waals surface area contributed by atoms with E-state index in [0.717, 1.165) is 5.56 Å². The summed E-state index contributed by atoms with van der Waals surface area (Å²) in [6, 6.07) is 8.28. The minimum atomic E-state index is -1.67. The van der Waals surface area contributed by atoms with Gasteiger partial charge in [-0.2, -0.15) is 0 Å². The Bertz CT molecular complexity index is 663. The highest BCUT2D eigenvalue weighted by Gasteiger charge is 2.40. The summed E-state index contributed by atoms with van der Waals surface area (Å²) in [5.74, 6) is -0.488. The van der Waals surface area contributed by atoms with Crippen LogP contribution >= 0.6 is 0 Å². The van der Waals surface area contributed by atoms with Crippen molar-refractivity contribution in [2.45, 2.75) is 50.2 Å². The lowest BCUT2D eigenvalue weighted by Crippen LogP contribution is -2.51. The summed E-state index contributed by atoms with van der Waals surface area (Å²) >= 11 is 0. The third-order valence-electron chi connectivity index (χ3n) is 4.28. The van der Waals surface area contributed by atoms with E-state index in [0.29, 0.717) is 0 Å². The van der Waals surface area contributed by atoms with Crippen LogP contribution in [0, 0.1) is 0 Å². The van der Waals surface area contributed by atoms with E-state index in [2.05, 4.69) is 5.32 Å². The van der Waals surface area contributed by atoms with E-state index in [9.17, 15) is 24.9 Å². The zero-order valence-corrected chi connectivity index (χ0v) is 15.1. The highest BCUT2D eigenvalue weighted by atomic mass is 16.5. The number of ether oxygens (including phenoxy) is 2. The van der Waals surface area contributed by atoms with Crippen molar-refractivity contribution in [3.8, 4) is 0 Å². The summed E-state index contributed by atoms with van der Waals surface area (Å²) in [4.78, 5) is 22.9. The Morgan fingerprint density at radius 2 is 2.04 bits per heavy atom. The molecule has 0 spiro atoms. The standard InChI is InChI=1S/C19H25NO7/c1-13(22)27-16-7-8-19(25,17(23)9-16)10-15(11-21)20-18(24)26-12-14-5-3-2-4-6-14/h2-8,15-17,21,23,25H,9-12H2,1H3,(H,20,24)/t15-,16-,17-,19+/m0/s1. The second-order valence-electron chi connectivity index (χ2n) is 6.54. The summed E-state index contributed by atoms with van der Waals surface area (Å²) in [6.07, 6.45) is 0.105. The lowest BCUT2D eigenvalue weighted by Gasteiger charge is -2.37. The molecule has 1 amide bonds. The minimum Gasteiger partial charge on any atom is -0.458 e. The van der Waals surface area contributed by atoms with Crippen LogP contribution in [0.1, 0.15) is 25.3 Å². The maximum absolute atomic E-state index is 11.9. The third-order valence-corrected chi connectivity index (χ3v) is 4.28. The fourth-order valence-electron chi connectivity index (χ4n) is 2.88. The molecule has 8 nitrogen and oxygen atoms in total. The number of hydrogen-bond acceptors (Lipinski definition) is 7. The van der Waals surface area contributed by atoms with Gasteiger partial charge in [0, 0.05) is 19.8 Å². The first-order valence-corrected chi connectivity index (χ1v) is 8.67. The number of esters is 1. The molecule has 0 radical (unpaired) electrons. The molecule has 0 heterocycles. The molecule has 0 saturated carbocycles. The molecule has 4 N–H and O–H groups in total. The van der Waals surface area contributed by atoms with Gasteiger partial charge in [0.25, 0.3) is 0 Å². The fraction of sp³-hybridized carbons (Fsp3) is 0.474. The molecule has 0 unspecified atom stereocenters. The van der Waals surface area contributed by atoms with Crippen molar-refractivity contribution in [1.82, 2.24) is 5.32 Å². The molecule has 0 fully saturated rings. The number of amides is 1. The first-order valence-electron chi connectivity index (χ1n) is 8.67. The maximum Gasteiger partial charge on any atom is 0.407 e. The quantitative estimate of drug-likeness (QED) is 0.405. The first kappa shape index (κ1) is 20.9. The molecule has 0 saturated heterocycles. The molecule has 148 valence electrons. The van der Waals surface area contributed by atoms with E-state index in [1.807, 2.05) is 30.3 Å². The number of aliphatic hydroxyl groups is 3. The van der Waals surface area contributed by atoms with Gasteiger partial charge >= 0.3 is 12.1 Å². The van der Waals surface area contributed by atoms with Crippen LogP contribution in [-0.4, -0.2) is 57.8 Å². The largest absolute Gasteiger partial charge is 0.458 e. The van der Waals surface area contributed by atoms with Gasteiger partial charge in [0.2, 0.25) is 0 Å². The van der Waals surface area contributed by atoms with Crippen molar-refractivity contribution in [1.29, 1.82) is 0 Å². The van der Waals surface area contributed by atoms with E-state index in [-0.39, 0.29) is 19.4 Å². The molecule has 0 aliphatic heterocycles. The topological polar surface area (TPSA) is 125 Å². The predicted molar refractivity (Wildman–Crippen MR) is 95.5 cm³/mol. The molecule has 1 aromatic rings. The van der Waals surface area contributed by atoms with Crippen LogP contribution in [-0.2, 0) is 20.9 Å². The number of hydrogen-bond donors (Lipinski definition) is 4. The fourth-order valence-corrected chi connectivity index (χ4v) is 2.88. The molecule has 1 aromatic carbocycles. The monoisotopic (exact) mass is 379 g/mol. The smallest absolute Gasteiger partial charge is 0.407 e. The van der Waals surface area contributed by atoms with Crippen molar-refractivity contribution in [2.75, 3.05) is 6.61 Å². The van der Waals surface area contributed by atoms with Crippen LogP contribution in [0.25, 0.3) is 0 Å². The van der Waals surface area contributed by atoms with E-state index in [4.69, 9.17) is 9.47 Å². The third kappa shape index (κ3) is 6.35. The van der Waals surface area contributed by atoms with Gasteiger partial charge in [0.05, 0.1) is 18.8 Å². The predicted octanol–water partition coefficient (Wildman–Crippen LogP) is 0.647. The number of nitrogens with one attached hydrogen (secondary N) is 1. The summed E-state index contributed by atoms with van der Waals surface area (Å²) < 4.78 is 10.1. The van der Waals surface area contributed by atoms with Crippen LogP contribution < -0.4 is 5.32 Å². The maximum atomic E-state index is 11.9. The van der Waals surface area contributed by atoms with Gasteiger partial charge in [-0.3, -0.25) is 4.79 Å². The summed E-state index contributed by atoms with van der Waals surface area (Å²) in [6.45, 7) is 0.881. The number of carbonyl (C=O) groups excluding carboxylic acids is 2. The van der Waals surface area contributed by atoms with Gasteiger partial charge in [0.15, 0.2) is 0 Å². The number of carbonyl (C=O) groups is 2. The van der Waals surface area contributed by atoms with Crippen LogP contribution in [0.15, 0.2) is 42.5 Å². The minimum absolute atomic E-state index is 0.0170. The van der Waals surface area contributed by atoms with Gasteiger partial charge in [0.1, 0.15) is 18.3 Å². The highest BCUT2D eigenvalue weighted by molar-refractivity contribution is 5.67. The Morgan fingerprint density at radius 1 is 1.33 bits per heavy atom. The molecule has 1 aliphatic carbocycles. The van der Waals surface area contributed by atoms with Gasteiger partial charge in [-0.1, -0.05) is 36.4 Å². The summed E-state index contributed by atoms with van der Waals surface area (Å²) in [5.41, 5.74) is -0.856. The lowest BCUT2D eigenvalue weighted by atomic mass is 9.82. The SMILES string of the molecule is CC(=O)O[C@H]1C=C[C@@](O)(C[C@@H](CO)NC(=O)OCc2ccccc2)[C@@H](O)C1. The van der Waals surface area contributed by atoms with Crippen molar-refractivity contribution >= 4 is 12.1 Å². The van der Waals surface area contributed by atoms with E-state index in [1.165, 1.54) is 19.1 Å². The van der Waals surface area contributed by atoms with Crippen LogP contribution in [0.5, 0.6) is 0 Å². The van der Waals surface area contributed by atoms with E-state index in [1.54, 1.807) is 0 Å². The van der Waals surface area contributed by atoms with Crippen molar-refractivity contribution < 1.29 is 34.4 Å². The Kier molecular flexibility index (Phi) is 7.35. The van der Waals surface area contributed by atoms with Gasteiger partial charge < -0.3 is 30.1 Å². The molecule has 0 aromatic heterocycles. The molecular weight excluding hydrogens is 354 g/mol. The zero-order chi connectivity index (χ0) is 19.9. The number of alkyl carbamates (subject to hydrolysis) is 1. The van der Waals surface area contributed by atoms with E-state index < -0.39 is 42.5 Å².